The number of pyridine rings is 1. The summed E-state index contributed by atoms with van der Waals surface area (Å²) in [4.78, 5) is 4.17. The summed E-state index contributed by atoms with van der Waals surface area (Å²) in [6, 6.07) is 11.8. The van der Waals surface area contributed by atoms with E-state index in [1.54, 1.807) is 36.5 Å². The van der Waals surface area contributed by atoms with E-state index in [1.165, 1.54) is 0 Å². The summed E-state index contributed by atoms with van der Waals surface area (Å²) in [5.41, 5.74) is 1.50. The Morgan fingerprint density at radius 1 is 1.14 bits per heavy atom. The summed E-state index contributed by atoms with van der Waals surface area (Å²) in [6.07, 6.45) is 1.66. The van der Waals surface area contributed by atoms with Crippen molar-refractivity contribution in [2.24, 2.45) is 0 Å². The molecule has 0 N–H and O–H groups in total. The van der Waals surface area contributed by atoms with Gasteiger partial charge in [-0.05, 0) is 30.3 Å². The van der Waals surface area contributed by atoms with Crippen LogP contribution in [0.4, 0.5) is 0 Å². The van der Waals surface area contributed by atoms with Crippen molar-refractivity contribution in [3.8, 4) is 11.3 Å². The minimum absolute atomic E-state index is 0.601. The lowest BCUT2D eigenvalue weighted by molar-refractivity contribution is 1.32. The summed E-state index contributed by atoms with van der Waals surface area (Å²) in [5.74, 6) is 0. The van der Waals surface area contributed by atoms with Crippen LogP contribution >= 0.6 is 23.2 Å². The van der Waals surface area contributed by atoms with E-state index in [2.05, 4.69) is 11.1 Å². The fourth-order valence-corrected chi connectivity index (χ4v) is 1.80. The molecule has 0 unspecified atom stereocenters. The summed E-state index contributed by atoms with van der Waals surface area (Å²) >= 11 is 12.1. The SMILES string of the molecule is Clc1cccc(Cl)c1-c1c[c]ccn1. The Morgan fingerprint density at radius 2 is 1.86 bits per heavy atom. The maximum atomic E-state index is 6.03. The first-order valence-electron chi connectivity index (χ1n) is 4.05. The van der Waals surface area contributed by atoms with E-state index >= 15 is 0 Å². The molecule has 0 aliphatic heterocycles. The molecule has 1 heterocycles. The molecular formula is C11H6Cl2N. The number of aromatic nitrogens is 1. The van der Waals surface area contributed by atoms with Crippen molar-refractivity contribution in [1.29, 1.82) is 0 Å². The zero-order valence-electron chi connectivity index (χ0n) is 7.17. The van der Waals surface area contributed by atoms with Gasteiger partial charge in [0, 0.05) is 11.8 Å². The largest absolute Gasteiger partial charge is 0.256 e. The van der Waals surface area contributed by atoms with Crippen LogP contribution in [0.3, 0.4) is 0 Å². The van der Waals surface area contributed by atoms with Gasteiger partial charge < -0.3 is 0 Å². The Labute approximate surface area is 92.3 Å². The van der Waals surface area contributed by atoms with Crippen LogP contribution < -0.4 is 0 Å². The normalized spacial score (nSPS) is 10.1. The Bertz CT molecular complexity index is 420. The van der Waals surface area contributed by atoms with Crippen LogP contribution in [-0.4, -0.2) is 4.98 Å². The third-order valence-electron chi connectivity index (χ3n) is 1.82. The standard InChI is InChI=1S/C11H6Cl2N/c12-8-4-3-5-9(13)11(8)10-6-1-2-7-14-10/h2-7H. The summed E-state index contributed by atoms with van der Waals surface area (Å²) in [7, 11) is 0. The van der Waals surface area contributed by atoms with Crippen LogP contribution in [0, 0.1) is 6.07 Å². The fourth-order valence-electron chi connectivity index (χ4n) is 1.20. The quantitative estimate of drug-likeness (QED) is 0.715. The van der Waals surface area contributed by atoms with Gasteiger partial charge in [-0.25, -0.2) is 0 Å². The molecule has 69 valence electrons. The highest BCUT2D eigenvalue weighted by molar-refractivity contribution is 6.39. The fraction of sp³-hybridized carbons (Fsp3) is 0. The van der Waals surface area contributed by atoms with Crippen molar-refractivity contribution in [1.82, 2.24) is 4.98 Å². The second-order valence-corrected chi connectivity index (χ2v) is 3.55. The van der Waals surface area contributed by atoms with E-state index in [-0.39, 0.29) is 0 Å². The highest BCUT2D eigenvalue weighted by Crippen LogP contribution is 2.32. The summed E-state index contributed by atoms with van der Waals surface area (Å²) in [5, 5.41) is 1.20. The second kappa shape index (κ2) is 3.99. The van der Waals surface area contributed by atoms with E-state index in [9.17, 15) is 0 Å². The molecule has 3 heteroatoms. The molecule has 0 fully saturated rings. The van der Waals surface area contributed by atoms with Gasteiger partial charge in [-0.2, -0.15) is 0 Å². The van der Waals surface area contributed by atoms with Gasteiger partial charge in [-0.1, -0.05) is 29.3 Å². The lowest BCUT2D eigenvalue weighted by Crippen LogP contribution is -1.84. The van der Waals surface area contributed by atoms with Gasteiger partial charge in [0.25, 0.3) is 0 Å². The molecular weight excluding hydrogens is 217 g/mol. The number of hydrogen-bond acceptors (Lipinski definition) is 1. The summed E-state index contributed by atoms with van der Waals surface area (Å²) < 4.78 is 0. The van der Waals surface area contributed by atoms with Crippen LogP contribution in [0.2, 0.25) is 10.0 Å². The predicted molar refractivity (Wildman–Crippen MR) is 58.5 cm³/mol. The van der Waals surface area contributed by atoms with Gasteiger partial charge in [0.2, 0.25) is 0 Å². The molecule has 1 nitrogen and oxygen atoms in total. The van der Waals surface area contributed by atoms with Gasteiger partial charge in [0.15, 0.2) is 0 Å². The minimum atomic E-state index is 0.601. The molecule has 0 bridgehead atoms. The van der Waals surface area contributed by atoms with Crippen molar-refractivity contribution in [2.45, 2.75) is 0 Å². The number of nitrogens with zero attached hydrogens (tertiary/aromatic N) is 1. The van der Waals surface area contributed by atoms with Crippen molar-refractivity contribution >= 4 is 23.2 Å². The van der Waals surface area contributed by atoms with Gasteiger partial charge in [-0.15, -0.1) is 0 Å². The first-order chi connectivity index (χ1) is 6.79. The Morgan fingerprint density at radius 3 is 2.43 bits per heavy atom. The molecule has 14 heavy (non-hydrogen) atoms. The van der Waals surface area contributed by atoms with Gasteiger partial charge >= 0.3 is 0 Å². The van der Waals surface area contributed by atoms with Gasteiger partial charge in [0.1, 0.15) is 0 Å². The van der Waals surface area contributed by atoms with Gasteiger partial charge in [0.05, 0.1) is 15.7 Å². The van der Waals surface area contributed by atoms with Crippen molar-refractivity contribution in [2.75, 3.05) is 0 Å². The molecule has 0 saturated carbocycles. The molecule has 1 aromatic carbocycles. The molecule has 2 aromatic rings. The number of halogens is 2. The minimum Gasteiger partial charge on any atom is -0.256 e. The third kappa shape index (κ3) is 1.74. The van der Waals surface area contributed by atoms with E-state index in [0.717, 1.165) is 11.3 Å². The molecule has 0 spiro atoms. The number of benzene rings is 1. The number of rotatable bonds is 1. The van der Waals surface area contributed by atoms with Crippen LogP contribution in [-0.2, 0) is 0 Å². The monoisotopic (exact) mass is 222 g/mol. The predicted octanol–water partition coefficient (Wildman–Crippen LogP) is 3.86. The second-order valence-electron chi connectivity index (χ2n) is 2.74. The molecule has 0 atom stereocenters. The van der Waals surface area contributed by atoms with Crippen molar-refractivity contribution in [3.05, 3.63) is 52.6 Å². The Kier molecular flexibility index (Phi) is 2.71. The third-order valence-corrected chi connectivity index (χ3v) is 2.45. The van der Waals surface area contributed by atoms with Crippen molar-refractivity contribution < 1.29 is 0 Å². The average molecular weight is 223 g/mol. The highest BCUT2D eigenvalue weighted by atomic mass is 35.5. The molecule has 0 aliphatic carbocycles. The first-order valence-corrected chi connectivity index (χ1v) is 4.81. The maximum absolute atomic E-state index is 6.03. The lowest BCUT2D eigenvalue weighted by atomic mass is 10.1. The molecule has 0 saturated heterocycles. The van der Waals surface area contributed by atoms with Crippen LogP contribution in [0.25, 0.3) is 11.3 Å². The lowest BCUT2D eigenvalue weighted by Gasteiger charge is -2.04. The molecule has 1 aromatic heterocycles. The number of hydrogen-bond donors (Lipinski definition) is 0. The summed E-state index contributed by atoms with van der Waals surface area (Å²) in [6.45, 7) is 0. The Balaban J connectivity index is 2.63. The van der Waals surface area contributed by atoms with Crippen LogP contribution in [0.1, 0.15) is 0 Å². The Hall–Kier alpha value is -1.05. The van der Waals surface area contributed by atoms with E-state index in [0.29, 0.717) is 10.0 Å². The van der Waals surface area contributed by atoms with Crippen molar-refractivity contribution in [3.63, 3.8) is 0 Å². The van der Waals surface area contributed by atoms with Crippen LogP contribution in [0.5, 0.6) is 0 Å². The maximum Gasteiger partial charge on any atom is 0.0738 e. The van der Waals surface area contributed by atoms with E-state index in [4.69, 9.17) is 23.2 Å². The molecule has 0 aliphatic rings. The molecule has 0 amide bonds. The highest BCUT2D eigenvalue weighted by Gasteiger charge is 2.07. The van der Waals surface area contributed by atoms with Crippen LogP contribution in [0.15, 0.2) is 36.5 Å². The van der Waals surface area contributed by atoms with Gasteiger partial charge in [-0.3, -0.25) is 4.98 Å². The topological polar surface area (TPSA) is 12.9 Å². The average Bonchev–Trinajstić information content (AvgIpc) is 2.19. The molecule has 2 rings (SSSR count). The molecule has 1 radical (unpaired) electrons. The van der Waals surface area contributed by atoms with E-state index in [1.807, 2.05) is 0 Å². The zero-order valence-corrected chi connectivity index (χ0v) is 8.68. The zero-order chi connectivity index (χ0) is 9.97. The smallest absolute Gasteiger partial charge is 0.0738 e. The first kappa shape index (κ1) is 9.50. The van der Waals surface area contributed by atoms with E-state index < -0.39 is 0 Å².